The van der Waals surface area contributed by atoms with Crippen molar-refractivity contribution in [2.24, 2.45) is 0 Å². The van der Waals surface area contributed by atoms with Crippen molar-refractivity contribution in [2.75, 3.05) is 13.1 Å². The standard InChI is InChI=1S/C13H21N3O4S.ClH/c1-5-14-10(3)8-15-21(19,20)13-7-12(16(17)18)6-9(2)11(13)4;/h6-7,10,14-15H,5,8H2,1-4H3;1H/t10-;/m1./s1. The van der Waals surface area contributed by atoms with Crippen molar-refractivity contribution in [3.05, 3.63) is 33.4 Å². The molecule has 0 saturated carbocycles. The molecule has 0 spiro atoms. The lowest BCUT2D eigenvalue weighted by atomic mass is 10.1. The van der Waals surface area contributed by atoms with Gasteiger partial charge in [0, 0.05) is 24.7 Å². The van der Waals surface area contributed by atoms with Gasteiger partial charge < -0.3 is 5.32 Å². The summed E-state index contributed by atoms with van der Waals surface area (Å²) in [5, 5.41) is 14.0. The molecule has 1 aromatic rings. The number of nitrogens with zero attached hydrogens (tertiary/aromatic N) is 1. The third-order valence-corrected chi connectivity index (χ3v) is 4.79. The molecule has 7 nitrogen and oxygen atoms in total. The Morgan fingerprint density at radius 2 is 1.91 bits per heavy atom. The van der Waals surface area contributed by atoms with E-state index in [4.69, 9.17) is 0 Å². The van der Waals surface area contributed by atoms with Crippen molar-refractivity contribution in [1.82, 2.24) is 10.0 Å². The first-order valence-electron chi connectivity index (χ1n) is 6.67. The number of non-ortho nitro benzene ring substituents is 1. The first kappa shape index (κ1) is 20.8. The fourth-order valence-electron chi connectivity index (χ4n) is 1.93. The van der Waals surface area contributed by atoms with Gasteiger partial charge in [0.15, 0.2) is 0 Å². The zero-order chi connectivity index (χ0) is 16.2. The molecule has 0 saturated heterocycles. The number of nitro groups is 1. The van der Waals surface area contributed by atoms with E-state index in [1.165, 1.54) is 6.07 Å². The van der Waals surface area contributed by atoms with Crippen molar-refractivity contribution in [3.63, 3.8) is 0 Å². The molecule has 1 aromatic carbocycles. The number of rotatable bonds is 7. The highest BCUT2D eigenvalue weighted by molar-refractivity contribution is 7.89. The molecule has 0 aliphatic carbocycles. The summed E-state index contributed by atoms with van der Waals surface area (Å²) >= 11 is 0. The monoisotopic (exact) mass is 351 g/mol. The number of halogens is 1. The van der Waals surface area contributed by atoms with Crippen LogP contribution < -0.4 is 10.0 Å². The van der Waals surface area contributed by atoms with Crippen LogP contribution in [0, 0.1) is 24.0 Å². The second-order valence-electron chi connectivity index (χ2n) is 4.95. The highest BCUT2D eigenvalue weighted by Crippen LogP contribution is 2.25. The Labute approximate surface area is 137 Å². The molecule has 0 radical (unpaired) electrons. The Hall–Kier alpha value is -1.22. The van der Waals surface area contributed by atoms with E-state index in [9.17, 15) is 18.5 Å². The van der Waals surface area contributed by atoms with Crippen LogP contribution in [0.3, 0.4) is 0 Å². The average Bonchev–Trinajstić information content (AvgIpc) is 2.39. The first-order chi connectivity index (χ1) is 9.69. The van der Waals surface area contributed by atoms with Crippen molar-refractivity contribution < 1.29 is 13.3 Å². The fourth-order valence-corrected chi connectivity index (χ4v) is 3.39. The number of hydrogen-bond donors (Lipinski definition) is 2. The molecule has 2 N–H and O–H groups in total. The summed E-state index contributed by atoms with van der Waals surface area (Å²) in [7, 11) is -3.78. The van der Waals surface area contributed by atoms with Gasteiger partial charge in [-0.1, -0.05) is 6.92 Å². The number of hydrogen-bond acceptors (Lipinski definition) is 5. The van der Waals surface area contributed by atoms with Crippen LogP contribution in [0.5, 0.6) is 0 Å². The lowest BCUT2D eigenvalue weighted by molar-refractivity contribution is -0.385. The summed E-state index contributed by atoms with van der Waals surface area (Å²) in [5.41, 5.74) is 0.867. The minimum absolute atomic E-state index is 0. The van der Waals surface area contributed by atoms with E-state index in [1.807, 2.05) is 13.8 Å². The lowest BCUT2D eigenvalue weighted by Crippen LogP contribution is -2.39. The number of sulfonamides is 1. The Morgan fingerprint density at radius 3 is 2.41 bits per heavy atom. The molecular weight excluding hydrogens is 330 g/mol. The van der Waals surface area contributed by atoms with Gasteiger partial charge >= 0.3 is 0 Å². The number of nitro benzene ring substituents is 1. The predicted molar refractivity (Wildman–Crippen MR) is 88.1 cm³/mol. The molecule has 0 unspecified atom stereocenters. The normalized spacial score (nSPS) is 12.5. The predicted octanol–water partition coefficient (Wildman–Crippen LogP) is 1.91. The van der Waals surface area contributed by atoms with E-state index in [1.54, 1.807) is 13.8 Å². The van der Waals surface area contributed by atoms with Gasteiger partial charge in [0.2, 0.25) is 10.0 Å². The summed E-state index contributed by atoms with van der Waals surface area (Å²) < 4.78 is 27.1. The second kappa shape index (κ2) is 8.42. The third kappa shape index (κ3) is 5.20. The molecule has 0 heterocycles. The van der Waals surface area contributed by atoms with E-state index < -0.39 is 14.9 Å². The molecule has 1 rings (SSSR count). The van der Waals surface area contributed by atoms with Gasteiger partial charge in [-0.15, -0.1) is 12.4 Å². The summed E-state index contributed by atoms with van der Waals surface area (Å²) in [6, 6.07) is 2.45. The van der Waals surface area contributed by atoms with E-state index in [0.29, 0.717) is 11.1 Å². The zero-order valence-electron chi connectivity index (χ0n) is 13.0. The van der Waals surface area contributed by atoms with E-state index in [0.717, 1.165) is 12.6 Å². The van der Waals surface area contributed by atoms with Gasteiger partial charge in [0.05, 0.1) is 9.82 Å². The summed E-state index contributed by atoms with van der Waals surface area (Å²) in [6.45, 7) is 8.04. The van der Waals surface area contributed by atoms with E-state index in [-0.39, 0.29) is 35.6 Å². The fraction of sp³-hybridized carbons (Fsp3) is 0.538. The largest absolute Gasteiger partial charge is 0.313 e. The van der Waals surface area contributed by atoms with Gasteiger partial charge in [-0.3, -0.25) is 10.1 Å². The summed E-state index contributed by atoms with van der Waals surface area (Å²) in [4.78, 5) is 10.2. The van der Waals surface area contributed by atoms with Gasteiger partial charge in [-0.2, -0.15) is 0 Å². The topological polar surface area (TPSA) is 101 Å². The molecular formula is C13H22ClN3O4S. The molecule has 9 heteroatoms. The molecule has 1 atom stereocenters. The van der Waals surface area contributed by atoms with E-state index >= 15 is 0 Å². The van der Waals surface area contributed by atoms with Crippen LogP contribution in [0.2, 0.25) is 0 Å². The first-order valence-corrected chi connectivity index (χ1v) is 8.16. The highest BCUT2D eigenvalue weighted by atomic mass is 35.5. The molecule has 0 aliphatic rings. The number of nitrogens with one attached hydrogen (secondary N) is 2. The van der Waals surface area contributed by atoms with Crippen molar-refractivity contribution in [2.45, 2.75) is 38.6 Å². The van der Waals surface area contributed by atoms with Crippen LogP contribution in [0.25, 0.3) is 0 Å². The molecule has 0 amide bonds. The minimum atomic E-state index is -3.78. The van der Waals surface area contributed by atoms with E-state index in [2.05, 4.69) is 10.0 Å². The van der Waals surface area contributed by atoms with Crippen molar-refractivity contribution >= 4 is 28.1 Å². The van der Waals surface area contributed by atoms with Crippen LogP contribution in [-0.4, -0.2) is 32.5 Å². The van der Waals surface area contributed by atoms with Crippen LogP contribution in [0.4, 0.5) is 5.69 Å². The number of likely N-dealkylation sites (N-methyl/N-ethyl adjacent to an activating group) is 1. The Kier molecular flexibility index (Phi) is 7.96. The molecule has 22 heavy (non-hydrogen) atoms. The SMILES string of the molecule is CCN[C@H](C)CNS(=O)(=O)c1cc([N+](=O)[O-])cc(C)c1C.Cl. The Bertz CT molecular complexity index is 634. The smallest absolute Gasteiger partial charge is 0.271 e. The minimum Gasteiger partial charge on any atom is -0.313 e. The quantitative estimate of drug-likeness (QED) is 0.577. The van der Waals surface area contributed by atoms with Crippen LogP contribution >= 0.6 is 12.4 Å². The van der Waals surface area contributed by atoms with Crippen LogP contribution in [0.15, 0.2) is 17.0 Å². The van der Waals surface area contributed by atoms with Crippen molar-refractivity contribution in [1.29, 1.82) is 0 Å². The van der Waals surface area contributed by atoms with Crippen LogP contribution in [-0.2, 0) is 10.0 Å². The van der Waals surface area contributed by atoms with Crippen molar-refractivity contribution in [3.8, 4) is 0 Å². The molecule has 0 aromatic heterocycles. The maximum atomic E-state index is 12.3. The molecule has 126 valence electrons. The van der Waals surface area contributed by atoms with Gasteiger partial charge in [-0.25, -0.2) is 13.1 Å². The molecule has 0 aliphatic heterocycles. The summed E-state index contributed by atoms with van der Waals surface area (Å²) in [5.74, 6) is 0. The Morgan fingerprint density at radius 1 is 1.32 bits per heavy atom. The molecule has 0 bridgehead atoms. The molecule has 0 fully saturated rings. The number of benzene rings is 1. The number of aryl methyl sites for hydroxylation is 1. The Balaban J connectivity index is 0.00000441. The maximum absolute atomic E-state index is 12.3. The maximum Gasteiger partial charge on any atom is 0.271 e. The third-order valence-electron chi connectivity index (χ3n) is 3.24. The van der Waals surface area contributed by atoms with Gasteiger partial charge in [0.1, 0.15) is 0 Å². The highest BCUT2D eigenvalue weighted by Gasteiger charge is 2.22. The van der Waals surface area contributed by atoms with Gasteiger partial charge in [-0.05, 0) is 38.4 Å². The summed E-state index contributed by atoms with van der Waals surface area (Å²) in [6.07, 6.45) is 0. The second-order valence-corrected chi connectivity index (χ2v) is 6.69. The van der Waals surface area contributed by atoms with Crippen LogP contribution in [0.1, 0.15) is 25.0 Å². The lowest BCUT2D eigenvalue weighted by Gasteiger charge is -2.15. The van der Waals surface area contributed by atoms with Gasteiger partial charge in [0.25, 0.3) is 5.69 Å². The zero-order valence-corrected chi connectivity index (χ0v) is 14.7. The average molecular weight is 352 g/mol.